The molecule has 1 amide bonds. The van der Waals surface area contributed by atoms with Gasteiger partial charge in [-0.1, -0.05) is 23.4 Å². The predicted molar refractivity (Wildman–Crippen MR) is 101 cm³/mol. The van der Waals surface area contributed by atoms with Crippen molar-refractivity contribution in [3.8, 4) is 0 Å². The van der Waals surface area contributed by atoms with Crippen LogP contribution in [0.2, 0.25) is 5.02 Å². The van der Waals surface area contributed by atoms with Gasteiger partial charge < -0.3 is 10.2 Å². The molecule has 1 aromatic heterocycles. The van der Waals surface area contributed by atoms with Crippen molar-refractivity contribution in [2.24, 2.45) is 5.73 Å². The Hall–Kier alpha value is -2.23. The SMILES string of the molecule is C[C@@H](Sc1nc2cc(S(=O)(=O)Nc3ccc(Cl)cc3)ccc2o1)C(N)=O. The molecule has 0 aliphatic heterocycles. The molecule has 10 heteroatoms. The lowest BCUT2D eigenvalue weighted by atomic mass is 10.3. The molecule has 0 spiro atoms. The molecule has 1 heterocycles. The summed E-state index contributed by atoms with van der Waals surface area (Å²) in [5, 5.41) is 0.233. The number of nitrogens with two attached hydrogens (primary N) is 1. The van der Waals surface area contributed by atoms with Crippen molar-refractivity contribution < 1.29 is 17.6 Å². The number of amides is 1. The lowest BCUT2D eigenvalue weighted by Crippen LogP contribution is -2.22. The van der Waals surface area contributed by atoms with E-state index >= 15 is 0 Å². The standard InChI is InChI=1S/C16H14ClN3O4S2/c1-9(15(18)21)25-16-19-13-8-12(6-7-14(13)24-16)26(22,23)20-11-4-2-10(17)3-5-11/h2-9,20H,1H3,(H2,18,21)/t9-/m1/s1. The lowest BCUT2D eigenvalue weighted by Gasteiger charge is -2.07. The maximum Gasteiger partial charge on any atom is 0.261 e. The molecule has 7 nitrogen and oxygen atoms in total. The summed E-state index contributed by atoms with van der Waals surface area (Å²) in [6.07, 6.45) is 0. The van der Waals surface area contributed by atoms with Crippen LogP contribution in [-0.2, 0) is 14.8 Å². The Morgan fingerprint density at radius 1 is 1.27 bits per heavy atom. The zero-order valence-corrected chi connectivity index (χ0v) is 15.9. The second-order valence-electron chi connectivity index (χ2n) is 5.38. The Labute approximate surface area is 159 Å². The minimum absolute atomic E-state index is 0.0350. The summed E-state index contributed by atoms with van der Waals surface area (Å²) < 4.78 is 33.0. The van der Waals surface area contributed by atoms with Gasteiger partial charge in [0.05, 0.1) is 10.1 Å². The molecular formula is C16H14ClN3O4S2. The van der Waals surface area contributed by atoms with Crippen molar-refractivity contribution in [2.75, 3.05) is 4.72 Å². The van der Waals surface area contributed by atoms with Crippen molar-refractivity contribution in [1.82, 2.24) is 4.98 Å². The van der Waals surface area contributed by atoms with Crippen LogP contribution in [0, 0.1) is 0 Å². The normalized spacial score (nSPS) is 12.8. The van der Waals surface area contributed by atoms with E-state index in [1.54, 1.807) is 31.2 Å². The molecule has 3 N–H and O–H groups in total. The van der Waals surface area contributed by atoms with Gasteiger partial charge >= 0.3 is 0 Å². The minimum Gasteiger partial charge on any atom is -0.431 e. The van der Waals surface area contributed by atoms with E-state index < -0.39 is 21.2 Å². The Morgan fingerprint density at radius 2 is 1.96 bits per heavy atom. The fraction of sp³-hybridized carbons (Fsp3) is 0.125. The predicted octanol–water partition coefficient (Wildman–Crippen LogP) is 3.25. The number of carbonyl (C=O) groups excluding carboxylic acids is 1. The minimum atomic E-state index is -3.80. The number of primary amides is 1. The molecule has 0 saturated heterocycles. The number of aromatic nitrogens is 1. The highest BCUT2D eigenvalue weighted by Crippen LogP contribution is 2.28. The summed E-state index contributed by atoms with van der Waals surface area (Å²) in [7, 11) is -3.80. The molecule has 3 rings (SSSR count). The maximum absolute atomic E-state index is 12.5. The highest BCUT2D eigenvalue weighted by Gasteiger charge is 2.19. The number of benzene rings is 2. The zero-order chi connectivity index (χ0) is 18.9. The van der Waals surface area contributed by atoms with Gasteiger partial charge in [0.25, 0.3) is 15.2 Å². The van der Waals surface area contributed by atoms with Crippen LogP contribution in [0.3, 0.4) is 0 Å². The molecule has 0 fully saturated rings. The van der Waals surface area contributed by atoms with Crippen LogP contribution in [-0.4, -0.2) is 24.6 Å². The quantitative estimate of drug-likeness (QED) is 0.601. The second-order valence-corrected chi connectivity index (χ2v) is 8.80. The summed E-state index contributed by atoms with van der Waals surface area (Å²) in [6, 6.07) is 10.6. The molecule has 0 saturated carbocycles. The van der Waals surface area contributed by atoms with Gasteiger partial charge in [-0.05, 0) is 49.4 Å². The van der Waals surface area contributed by atoms with E-state index in [1.807, 2.05) is 0 Å². The number of sulfonamides is 1. The van der Waals surface area contributed by atoms with E-state index in [-0.39, 0.29) is 10.1 Å². The topological polar surface area (TPSA) is 115 Å². The van der Waals surface area contributed by atoms with Crippen LogP contribution in [0.4, 0.5) is 5.69 Å². The highest BCUT2D eigenvalue weighted by atomic mass is 35.5. The van der Waals surface area contributed by atoms with Crippen molar-refractivity contribution in [1.29, 1.82) is 0 Å². The van der Waals surface area contributed by atoms with Gasteiger partial charge in [-0.2, -0.15) is 0 Å². The van der Waals surface area contributed by atoms with E-state index in [2.05, 4.69) is 9.71 Å². The molecule has 2 aromatic carbocycles. The molecule has 3 aromatic rings. The summed E-state index contributed by atoms with van der Waals surface area (Å²) in [4.78, 5) is 15.4. The number of thioether (sulfide) groups is 1. The van der Waals surface area contributed by atoms with Crippen LogP contribution in [0.25, 0.3) is 11.1 Å². The lowest BCUT2D eigenvalue weighted by molar-refractivity contribution is -0.117. The van der Waals surface area contributed by atoms with Crippen molar-refractivity contribution >= 4 is 56.1 Å². The monoisotopic (exact) mass is 411 g/mol. The van der Waals surface area contributed by atoms with Crippen LogP contribution in [0.1, 0.15) is 6.92 Å². The number of hydrogen-bond donors (Lipinski definition) is 2. The van der Waals surface area contributed by atoms with E-state index in [1.165, 1.54) is 18.2 Å². The van der Waals surface area contributed by atoms with Gasteiger partial charge in [0.15, 0.2) is 5.58 Å². The van der Waals surface area contributed by atoms with Gasteiger partial charge in [0, 0.05) is 10.7 Å². The molecular weight excluding hydrogens is 398 g/mol. The zero-order valence-electron chi connectivity index (χ0n) is 13.5. The van der Waals surface area contributed by atoms with Crippen molar-refractivity contribution in [3.05, 3.63) is 47.5 Å². The number of oxazole rings is 1. The third-order valence-electron chi connectivity index (χ3n) is 3.42. The van der Waals surface area contributed by atoms with Crippen LogP contribution in [0.5, 0.6) is 0 Å². The first-order valence-corrected chi connectivity index (χ1v) is 10.1. The first-order chi connectivity index (χ1) is 12.2. The average Bonchev–Trinajstić information content (AvgIpc) is 2.98. The largest absolute Gasteiger partial charge is 0.431 e. The third-order valence-corrected chi connectivity index (χ3v) is 6.02. The number of fused-ring (bicyclic) bond motifs is 1. The Morgan fingerprint density at radius 3 is 2.62 bits per heavy atom. The number of rotatable bonds is 6. The van der Waals surface area contributed by atoms with E-state index in [0.29, 0.717) is 21.8 Å². The molecule has 26 heavy (non-hydrogen) atoms. The molecule has 136 valence electrons. The first kappa shape index (κ1) is 18.6. The van der Waals surface area contributed by atoms with Gasteiger partial charge in [-0.25, -0.2) is 13.4 Å². The van der Waals surface area contributed by atoms with Crippen LogP contribution in [0.15, 0.2) is 57.0 Å². The summed E-state index contributed by atoms with van der Waals surface area (Å²) in [5.74, 6) is -0.493. The van der Waals surface area contributed by atoms with E-state index in [0.717, 1.165) is 11.8 Å². The molecule has 0 bridgehead atoms. The van der Waals surface area contributed by atoms with E-state index in [4.69, 9.17) is 21.8 Å². The number of anilines is 1. The number of nitrogens with one attached hydrogen (secondary N) is 1. The third kappa shape index (κ3) is 4.12. The maximum atomic E-state index is 12.5. The Bertz CT molecular complexity index is 1060. The Balaban J connectivity index is 1.87. The smallest absolute Gasteiger partial charge is 0.261 e. The number of carbonyl (C=O) groups is 1. The Kier molecular flexibility index (Phi) is 5.12. The highest BCUT2D eigenvalue weighted by molar-refractivity contribution is 8.00. The molecule has 0 aliphatic rings. The van der Waals surface area contributed by atoms with Crippen LogP contribution < -0.4 is 10.5 Å². The van der Waals surface area contributed by atoms with Gasteiger partial charge in [-0.3, -0.25) is 9.52 Å². The van der Waals surface area contributed by atoms with Gasteiger partial charge in [0.2, 0.25) is 5.91 Å². The molecule has 0 unspecified atom stereocenters. The van der Waals surface area contributed by atoms with Gasteiger partial charge in [0.1, 0.15) is 5.52 Å². The van der Waals surface area contributed by atoms with Crippen LogP contribution >= 0.6 is 23.4 Å². The number of nitrogens with zero attached hydrogens (tertiary/aromatic N) is 1. The fourth-order valence-corrected chi connectivity index (χ4v) is 3.96. The first-order valence-electron chi connectivity index (χ1n) is 7.39. The molecule has 0 radical (unpaired) electrons. The molecule has 1 atom stereocenters. The fourth-order valence-electron chi connectivity index (χ4n) is 2.04. The van der Waals surface area contributed by atoms with Crippen molar-refractivity contribution in [3.63, 3.8) is 0 Å². The van der Waals surface area contributed by atoms with E-state index in [9.17, 15) is 13.2 Å². The second kappa shape index (κ2) is 7.18. The summed E-state index contributed by atoms with van der Waals surface area (Å²) >= 11 is 6.86. The molecule has 0 aliphatic carbocycles. The summed E-state index contributed by atoms with van der Waals surface area (Å²) in [5.41, 5.74) is 6.38. The van der Waals surface area contributed by atoms with Crippen molar-refractivity contribution in [2.45, 2.75) is 22.3 Å². The summed E-state index contributed by atoms with van der Waals surface area (Å²) in [6.45, 7) is 1.63. The number of halogens is 1. The van der Waals surface area contributed by atoms with Gasteiger partial charge in [-0.15, -0.1) is 0 Å². The number of hydrogen-bond acceptors (Lipinski definition) is 6. The average molecular weight is 412 g/mol.